The van der Waals surface area contributed by atoms with E-state index in [0.717, 1.165) is 37.0 Å². The maximum Gasteiger partial charge on any atom is 0.318 e. The molecule has 0 atom stereocenters. The van der Waals surface area contributed by atoms with Crippen molar-refractivity contribution in [3.8, 4) is 0 Å². The van der Waals surface area contributed by atoms with Crippen LogP contribution in [-0.4, -0.2) is 40.6 Å². The van der Waals surface area contributed by atoms with Crippen LogP contribution >= 0.6 is 0 Å². The van der Waals surface area contributed by atoms with Gasteiger partial charge in [-0.3, -0.25) is 0 Å². The Morgan fingerprint density at radius 1 is 1.29 bits per heavy atom. The molecule has 4 rings (SSSR count). The number of nitrogens with zero attached hydrogens (tertiary/aromatic N) is 2. The van der Waals surface area contributed by atoms with Gasteiger partial charge in [-0.15, -0.1) is 0 Å². The second-order valence-corrected chi connectivity index (χ2v) is 7.23. The Labute approximate surface area is 125 Å². The molecule has 4 N–H and O–H groups in total. The number of oxime groups is 1. The number of carbonyl (C=O) groups excluding carboxylic acids is 1. The van der Waals surface area contributed by atoms with Crippen molar-refractivity contribution in [1.29, 1.82) is 0 Å². The summed E-state index contributed by atoms with van der Waals surface area (Å²) in [6.45, 7) is 2.63. The summed E-state index contributed by atoms with van der Waals surface area (Å²) in [4.78, 5) is 14.1. The Hall–Kier alpha value is -1.46. The largest absolute Gasteiger partial charge is 0.409 e. The van der Waals surface area contributed by atoms with Crippen LogP contribution in [0.3, 0.4) is 0 Å². The van der Waals surface area contributed by atoms with Crippen molar-refractivity contribution in [3.05, 3.63) is 0 Å². The molecule has 0 heterocycles. The number of carbonyl (C=O) groups is 1. The Morgan fingerprint density at radius 2 is 1.81 bits per heavy atom. The number of amides is 2. The van der Waals surface area contributed by atoms with Gasteiger partial charge in [-0.05, 0) is 63.2 Å². The molecule has 118 valence electrons. The van der Waals surface area contributed by atoms with Gasteiger partial charge in [-0.2, -0.15) is 0 Å². The van der Waals surface area contributed by atoms with Crippen molar-refractivity contribution in [3.63, 3.8) is 0 Å². The molecule has 4 aliphatic carbocycles. The lowest BCUT2D eigenvalue weighted by Crippen LogP contribution is -2.62. The van der Waals surface area contributed by atoms with Gasteiger partial charge in [-0.1, -0.05) is 5.16 Å². The molecular weight excluding hydrogens is 268 g/mol. The van der Waals surface area contributed by atoms with Crippen LogP contribution in [-0.2, 0) is 0 Å². The number of nitrogens with one attached hydrogen (secondary N) is 1. The van der Waals surface area contributed by atoms with Gasteiger partial charge in [0.1, 0.15) is 0 Å². The zero-order valence-corrected chi connectivity index (χ0v) is 12.7. The van der Waals surface area contributed by atoms with E-state index < -0.39 is 0 Å². The number of nitrogens with two attached hydrogens (primary N) is 1. The molecule has 0 aromatic heterocycles. The van der Waals surface area contributed by atoms with Crippen LogP contribution in [0.15, 0.2) is 5.16 Å². The number of hydrogen-bond acceptors (Lipinski definition) is 3. The number of amidine groups is 1. The summed E-state index contributed by atoms with van der Waals surface area (Å²) >= 11 is 0. The van der Waals surface area contributed by atoms with E-state index in [-0.39, 0.29) is 24.0 Å². The van der Waals surface area contributed by atoms with Crippen molar-refractivity contribution in [2.75, 3.05) is 13.1 Å². The van der Waals surface area contributed by atoms with Gasteiger partial charge >= 0.3 is 6.03 Å². The molecule has 21 heavy (non-hydrogen) atoms. The molecule has 4 fully saturated rings. The fourth-order valence-corrected chi connectivity index (χ4v) is 5.12. The molecule has 4 saturated carbocycles. The highest BCUT2D eigenvalue weighted by atomic mass is 16.4. The van der Waals surface area contributed by atoms with Crippen molar-refractivity contribution >= 4 is 11.9 Å². The zero-order valence-electron chi connectivity index (χ0n) is 12.7. The third-order valence-corrected chi connectivity index (χ3v) is 5.56. The Bertz CT molecular complexity index is 414. The zero-order chi connectivity index (χ0) is 15.0. The van der Waals surface area contributed by atoms with E-state index in [1.807, 2.05) is 6.92 Å². The Kier molecular flexibility index (Phi) is 3.71. The van der Waals surface area contributed by atoms with Crippen LogP contribution in [0.4, 0.5) is 4.79 Å². The van der Waals surface area contributed by atoms with Crippen LogP contribution in [0.1, 0.15) is 45.4 Å². The first-order valence-electron chi connectivity index (χ1n) is 8.07. The van der Waals surface area contributed by atoms with E-state index in [4.69, 9.17) is 10.9 Å². The summed E-state index contributed by atoms with van der Waals surface area (Å²) in [7, 11) is 0. The lowest BCUT2D eigenvalue weighted by atomic mass is 9.53. The minimum Gasteiger partial charge on any atom is -0.409 e. The molecule has 0 aliphatic heterocycles. The summed E-state index contributed by atoms with van der Waals surface area (Å²) in [5, 5.41) is 14.9. The van der Waals surface area contributed by atoms with Gasteiger partial charge in [-0.25, -0.2) is 4.79 Å². The molecule has 6 heteroatoms. The van der Waals surface area contributed by atoms with Crippen molar-refractivity contribution in [2.45, 2.75) is 51.0 Å². The van der Waals surface area contributed by atoms with Gasteiger partial charge in [0.25, 0.3) is 0 Å². The number of urea groups is 1. The maximum absolute atomic E-state index is 12.5. The van der Waals surface area contributed by atoms with Gasteiger partial charge in [0, 0.05) is 12.1 Å². The van der Waals surface area contributed by atoms with Crippen molar-refractivity contribution in [2.24, 2.45) is 28.6 Å². The minimum atomic E-state index is -0.0777. The minimum absolute atomic E-state index is 0.00434. The van der Waals surface area contributed by atoms with Crippen LogP contribution in [0.2, 0.25) is 0 Å². The summed E-state index contributed by atoms with van der Waals surface area (Å²) in [5.74, 6) is 2.47. The lowest BCUT2D eigenvalue weighted by molar-refractivity contribution is -0.0153. The van der Waals surface area contributed by atoms with E-state index in [0.29, 0.717) is 6.54 Å². The average Bonchev–Trinajstić information content (AvgIpc) is 2.42. The third-order valence-electron chi connectivity index (χ3n) is 5.56. The summed E-state index contributed by atoms with van der Waals surface area (Å²) < 4.78 is 0. The molecule has 4 aliphatic rings. The van der Waals surface area contributed by atoms with Crippen LogP contribution in [0.25, 0.3) is 0 Å². The number of likely N-dealkylation sites (N-methyl/N-ethyl adjacent to an activating group) is 1. The first-order valence-corrected chi connectivity index (χ1v) is 8.07. The molecule has 0 unspecified atom stereocenters. The third kappa shape index (κ3) is 2.80. The highest BCUT2D eigenvalue weighted by molar-refractivity contribution is 5.86. The molecule has 6 nitrogen and oxygen atoms in total. The molecule has 4 bridgehead atoms. The summed E-state index contributed by atoms with van der Waals surface area (Å²) in [6.07, 6.45) is 7.47. The number of rotatable bonds is 4. The van der Waals surface area contributed by atoms with Crippen LogP contribution in [0, 0.1) is 17.8 Å². The smallest absolute Gasteiger partial charge is 0.318 e. The van der Waals surface area contributed by atoms with Gasteiger partial charge in [0.05, 0.1) is 6.54 Å². The van der Waals surface area contributed by atoms with E-state index in [1.165, 1.54) is 19.3 Å². The van der Waals surface area contributed by atoms with E-state index in [1.54, 1.807) is 4.90 Å². The van der Waals surface area contributed by atoms with Crippen molar-refractivity contribution in [1.82, 2.24) is 10.2 Å². The maximum atomic E-state index is 12.5. The average molecular weight is 294 g/mol. The SMILES string of the molecule is CCN(CC(N)=NO)C(=O)NC12CC3CC(CC(C3)C1)C2. The molecule has 0 aromatic rings. The highest BCUT2D eigenvalue weighted by Gasteiger charge is 2.51. The number of hydrogen-bond donors (Lipinski definition) is 3. The predicted octanol–water partition coefficient (Wildman–Crippen LogP) is 1.73. The molecule has 0 aromatic carbocycles. The van der Waals surface area contributed by atoms with Gasteiger partial charge in [0.2, 0.25) is 0 Å². The molecular formula is C15H26N4O2. The monoisotopic (exact) mass is 294 g/mol. The lowest BCUT2D eigenvalue weighted by Gasteiger charge is -2.57. The molecule has 0 radical (unpaired) electrons. The van der Waals surface area contributed by atoms with E-state index in [2.05, 4.69) is 10.5 Å². The first kappa shape index (κ1) is 14.5. The predicted molar refractivity (Wildman–Crippen MR) is 80.1 cm³/mol. The quantitative estimate of drug-likeness (QED) is 0.319. The van der Waals surface area contributed by atoms with E-state index in [9.17, 15) is 4.79 Å². The summed E-state index contributed by atoms with van der Waals surface area (Å²) in [5.41, 5.74) is 5.53. The fraction of sp³-hybridized carbons (Fsp3) is 0.867. The molecule has 2 amide bonds. The van der Waals surface area contributed by atoms with E-state index >= 15 is 0 Å². The summed E-state index contributed by atoms with van der Waals surface area (Å²) in [6, 6.07) is -0.0777. The molecule has 0 saturated heterocycles. The topological polar surface area (TPSA) is 90.9 Å². The Morgan fingerprint density at radius 3 is 2.24 bits per heavy atom. The normalized spacial score (nSPS) is 37.6. The second-order valence-electron chi connectivity index (χ2n) is 7.23. The highest BCUT2D eigenvalue weighted by Crippen LogP contribution is 2.55. The molecule has 0 spiro atoms. The van der Waals surface area contributed by atoms with Crippen LogP contribution in [0.5, 0.6) is 0 Å². The standard InChI is InChI=1S/C15H26N4O2/c1-2-19(9-13(16)18-21)14(20)17-15-6-10-3-11(7-15)5-12(4-10)8-15/h10-12,21H,2-9H2,1H3,(H2,16,18)(H,17,20). The van der Waals surface area contributed by atoms with Gasteiger partial charge in [0.15, 0.2) is 5.84 Å². The Balaban J connectivity index is 1.66. The first-order chi connectivity index (χ1) is 10.0. The van der Waals surface area contributed by atoms with Gasteiger partial charge < -0.3 is 21.2 Å². The van der Waals surface area contributed by atoms with Crippen LogP contribution < -0.4 is 11.1 Å². The van der Waals surface area contributed by atoms with Crippen molar-refractivity contribution < 1.29 is 10.0 Å². The second kappa shape index (κ2) is 5.39. The fourth-order valence-electron chi connectivity index (χ4n) is 5.12.